The van der Waals surface area contributed by atoms with E-state index >= 15 is 0 Å². The summed E-state index contributed by atoms with van der Waals surface area (Å²) in [7, 11) is 0. The Morgan fingerprint density at radius 1 is 1.16 bits per heavy atom. The van der Waals surface area contributed by atoms with E-state index in [0.29, 0.717) is 22.5 Å². The monoisotopic (exact) mass is 431 g/mol. The van der Waals surface area contributed by atoms with Crippen molar-refractivity contribution in [3.63, 3.8) is 0 Å². The van der Waals surface area contributed by atoms with Gasteiger partial charge in [-0.3, -0.25) is 14.3 Å². The van der Waals surface area contributed by atoms with Gasteiger partial charge in [0.15, 0.2) is 5.82 Å². The first kappa shape index (κ1) is 19.7. The first-order valence-electron chi connectivity index (χ1n) is 10.2. The van der Waals surface area contributed by atoms with Crippen LogP contribution >= 0.6 is 0 Å². The molecule has 7 nitrogen and oxygen atoms in total. The van der Waals surface area contributed by atoms with Crippen LogP contribution in [0.15, 0.2) is 35.3 Å². The van der Waals surface area contributed by atoms with Gasteiger partial charge in [-0.15, -0.1) is 0 Å². The van der Waals surface area contributed by atoms with Crippen molar-refractivity contribution in [2.24, 2.45) is 0 Å². The van der Waals surface area contributed by atoms with Crippen molar-refractivity contribution < 1.29 is 18.0 Å². The van der Waals surface area contributed by atoms with E-state index in [1.165, 1.54) is 6.07 Å². The summed E-state index contributed by atoms with van der Waals surface area (Å²) in [5.74, 6) is -0.244. The summed E-state index contributed by atoms with van der Waals surface area (Å²) in [5.41, 5.74) is 1.80. The Kier molecular flexibility index (Phi) is 4.53. The van der Waals surface area contributed by atoms with Crippen LogP contribution in [0.3, 0.4) is 0 Å². The number of aromatic amines is 1. The first-order chi connectivity index (χ1) is 14.8. The highest BCUT2D eigenvalue weighted by molar-refractivity contribution is 5.99. The molecule has 1 fully saturated rings. The Morgan fingerprint density at radius 2 is 1.94 bits per heavy atom. The lowest BCUT2D eigenvalue weighted by atomic mass is 10.1. The maximum absolute atomic E-state index is 12.7. The zero-order chi connectivity index (χ0) is 21.8. The lowest BCUT2D eigenvalue weighted by molar-refractivity contribution is -0.140. The van der Waals surface area contributed by atoms with E-state index in [4.69, 9.17) is 0 Å². The summed E-state index contributed by atoms with van der Waals surface area (Å²) in [6.45, 7) is -1.39. The Labute approximate surface area is 174 Å². The molecule has 10 heteroatoms. The van der Waals surface area contributed by atoms with Crippen LogP contribution in [0, 0.1) is 0 Å². The third-order valence-electron chi connectivity index (χ3n) is 5.92. The Bertz CT molecular complexity index is 1220. The smallest absolute Gasteiger partial charge is 0.338 e. The number of fused-ring (bicyclic) bond motifs is 2. The van der Waals surface area contributed by atoms with E-state index in [9.17, 15) is 22.8 Å². The number of hydrogen-bond donors (Lipinski definition) is 2. The molecule has 2 aliphatic rings. The maximum atomic E-state index is 12.7. The lowest BCUT2D eigenvalue weighted by Gasteiger charge is -2.17. The highest BCUT2D eigenvalue weighted by atomic mass is 19.4. The number of pyridine rings is 1. The normalized spacial score (nSPS) is 17.0. The zero-order valence-electron chi connectivity index (χ0n) is 16.5. The molecule has 0 radical (unpaired) electrons. The van der Waals surface area contributed by atoms with Crippen LogP contribution in [0.25, 0.3) is 10.9 Å². The second kappa shape index (κ2) is 7.14. The van der Waals surface area contributed by atoms with E-state index < -0.39 is 18.6 Å². The van der Waals surface area contributed by atoms with Gasteiger partial charge in [0, 0.05) is 24.0 Å². The molecule has 5 rings (SSSR count). The number of nitrogens with one attached hydrogen (secondary N) is 2. The van der Waals surface area contributed by atoms with E-state index in [1.54, 1.807) is 18.3 Å². The number of alkyl halides is 3. The predicted molar refractivity (Wildman–Crippen MR) is 108 cm³/mol. The van der Waals surface area contributed by atoms with Crippen molar-refractivity contribution >= 4 is 28.3 Å². The third-order valence-corrected chi connectivity index (χ3v) is 5.92. The molecule has 1 amide bonds. The van der Waals surface area contributed by atoms with E-state index in [1.807, 2.05) is 10.7 Å². The van der Waals surface area contributed by atoms with Gasteiger partial charge in [-0.25, -0.2) is 0 Å². The molecule has 1 saturated carbocycles. The van der Waals surface area contributed by atoms with Gasteiger partial charge in [0.05, 0.1) is 11.6 Å². The number of halogens is 3. The molecule has 1 aromatic carbocycles. The summed E-state index contributed by atoms with van der Waals surface area (Å²) in [4.78, 5) is 28.2. The maximum Gasteiger partial charge on any atom is 0.406 e. The van der Waals surface area contributed by atoms with Gasteiger partial charge >= 0.3 is 6.18 Å². The Balaban J connectivity index is 1.47. The van der Waals surface area contributed by atoms with Gasteiger partial charge in [-0.1, -0.05) is 12.8 Å². The van der Waals surface area contributed by atoms with Crippen LogP contribution < -0.4 is 10.9 Å². The van der Waals surface area contributed by atoms with Crippen molar-refractivity contribution in [3.05, 3.63) is 51.9 Å². The van der Waals surface area contributed by atoms with Crippen LogP contribution in [0.1, 0.15) is 47.6 Å². The molecule has 31 heavy (non-hydrogen) atoms. The number of benzene rings is 1. The summed E-state index contributed by atoms with van der Waals surface area (Å²) >= 11 is 0. The quantitative estimate of drug-likeness (QED) is 0.652. The van der Waals surface area contributed by atoms with Crippen LogP contribution in [-0.2, 0) is 6.54 Å². The topological polar surface area (TPSA) is 83.0 Å². The van der Waals surface area contributed by atoms with E-state index in [2.05, 4.69) is 15.4 Å². The zero-order valence-corrected chi connectivity index (χ0v) is 16.5. The number of H-pyrrole nitrogens is 1. The van der Waals surface area contributed by atoms with Crippen molar-refractivity contribution in [3.8, 4) is 0 Å². The van der Waals surface area contributed by atoms with Crippen LogP contribution in [0.5, 0.6) is 0 Å². The number of amides is 1. The molecule has 0 bridgehead atoms. The van der Waals surface area contributed by atoms with Crippen LogP contribution in [-0.4, -0.2) is 38.3 Å². The van der Waals surface area contributed by atoms with Crippen molar-refractivity contribution in [2.45, 2.75) is 44.4 Å². The van der Waals surface area contributed by atoms with Crippen LogP contribution in [0.4, 0.5) is 24.7 Å². The third kappa shape index (κ3) is 3.55. The molecule has 1 aliphatic carbocycles. The molecular weight excluding hydrogens is 411 g/mol. The van der Waals surface area contributed by atoms with Gasteiger partial charge in [-0.2, -0.15) is 18.3 Å². The summed E-state index contributed by atoms with van der Waals surface area (Å²) in [6.07, 6.45) is 1.37. The fourth-order valence-corrected chi connectivity index (χ4v) is 4.55. The van der Waals surface area contributed by atoms with Gasteiger partial charge in [0.2, 0.25) is 0 Å². The lowest BCUT2D eigenvalue weighted by Crippen LogP contribution is -2.34. The van der Waals surface area contributed by atoms with E-state index in [0.717, 1.165) is 36.1 Å². The fourth-order valence-electron chi connectivity index (χ4n) is 4.55. The average Bonchev–Trinajstić information content (AvgIpc) is 3.41. The van der Waals surface area contributed by atoms with Gasteiger partial charge in [0.1, 0.15) is 11.9 Å². The molecule has 0 saturated heterocycles. The molecule has 0 atom stereocenters. The summed E-state index contributed by atoms with van der Waals surface area (Å²) in [5, 5.41) is 8.23. The summed E-state index contributed by atoms with van der Waals surface area (Å²) < 4.78 is 40.1. The molecule has 3 heterocycles. The molecule has 2 aromatic heterocycles. The number of nitrogens with zero attached hydrogens (tertiary/aromatic N) is 3. The average molecular weight is 431 g/mol. The number of anilines is 2. The molecular formula is C21H20F3N5O2. The molecule has 0 spiro atoms. The fraction of sp³-hybridized carbons (Fsp3) is 0.381. The number of hydrogen-bond acceptors (Lipinski definition) is 4. The molecule has 2 N–H and O–H groups in total. The Morgan fingerprint density at radius 3 is 2.68 bits per heavy atom. The largest absolute Gasteiger partial charge is 0.406 e. The van der Waals surface area contributed by atoms with Gasteiger partial charge in [0.25, 0.3) is 11.5 Å². The van der Waals surface area contributed by atoms with Crippen molar-refractivity contribution in [1.82, 2.24) is 19.7 Å². The standard InChI is InChI=1S/C21H20F3N5O2/c22-21(23,24)11-28-10-12-9-13(5-6-15(12)20(28)31)26-18-17-16(7-8-25-19(17)30)29(27-18)14-3-1-2-4-14/h5-9,14H,1-4,10-11H2,(H,25,30)(H,26,27). The van der Waals surface area contributed by atoms with Crippen molar-refractivity contribution in [1.29, 1.82) is 0 Å². The van der Waals surface area contributed by atoms with Crippen molar-refractivity contribution in [2.75, 3.05) is 11.9 Å². The SMILES string of the molecule is O=C1c2ccc(Nc3nn(C4CCCC4)c4cc[nH]c(=O)c34)cc2CN1CC(F)(F)F. The number of aromatic nitrogens is 3. The van der Waals surface area contributed by atoms with E-state index in [-0.39, 0.29) is 23.7 Å². The Hall–Kier alpha value is -3.30. The molecule has 162 valence electrons. The second-order valence-corrected chi connectivity index (χ2v) is 8.07. The number of carbonyl (C=O) groups excluding carboxylic acids is 1. The highest BCUT2D eigenvalue weighted by Gasteiger charge is 2.37. The number of rotatable bonds is 4. The second-order valence-electron chi connectivity index (χ2n) is 8.07. The molecule has 1 aliphatic heterocycles. The minimum atomic E-state index is -4.45. The first-order valence-corrected chi connectivity index (χ1v) is 10.2. The highest BCUT2D eigenvalue weighted by Crippen LogP contribution is 2.34. The molecule has 0 unspecified atom stereocenters. The minimum Gasteiger partial charge on any atom is -0.338 e. The van der Waals surface area contributed by atoms with Gasteiger partial charge < -0.3 is 15.2 Å². The van der Waals surface area contributed by atoms with Gasteiger partial charge in [-0.05, 0) is 42.7 Å². The van der Waals surface area contributed by atoms with Crippen LogP contribution in [0.2, 0.25) is 0 Å². The number of carbonyl (C=O) groups is 1. The molecule has 3 aromatic rings. The predicted octanol–water partition coefficient (Wildman–Crippen LogP) is 4.10. The summed E-state index contributed by atoms with van der Waals surface area (Å²) in [6, 6.07) is 6.82. The minimum absolute atomic E-state index is 0.110.